The summed E-state index contributed by atoms with van der Waals surface area (Å²) < 4.78 is 3.26. The molecule has 0 spiro atoms. The molecule has 0 heterocycles. The molecule has 0 fully saturated rings. The Kier molecular flexibility index (Phi) is 5.56. The van der Waals surface area contributed by atoms with Gasteiger partial charge in [-0.05, 0) is 66.5 Å². The van der Waals surface area contributed by atoms with Crippen LogP contribution in [0.4, 0.5) is 17.1 Å². The van der Waals surface area contributed by atoms with Gasteiger partial charge in [-0.3, -0.25) is 4.79 Å². The van der Waals surface area contributed by atoms with Gasteiger partial charge in [-0.25, -0.2) is 0 Å². The first-order chi connectivity index (χ1) is 12.7. The zero-order valence-corrected chi connectivity index (χ0v) is 14.7. The predicted molar refractivity (Wildman–Crippen MR) is 109 cm³/mol. The van der Waals surface area contributed by atoms with Crippen molar-refractivity contribution in [3.8, 4) is 0 Å². The number of hydrogen-bond acceptors (Lipinski definition) is 5. The average Bonchev–Trinajstić information content (AvgIpc) is 2.68. The molecule has 0 bridgehead atoms. The van der Waals surface area contributed by atoms with Crippen LogP contribution in [0.15, 0.2) is 77.7 Å². The van der Waals surface area contributed by atoms with Crippen molar-refractivity contribution in [2.75, 3.05) is 15.8 Å². The van der Waals surface area contributed by atoms with Crippen molar-refractivity contribution in [3.05, 3.63) is 83.9 Å². The summed E-state index contributed by atoms with van der Waals surface area (Å²) in [6.07, 6.45) is 1.14. The largest absolute Gasteiger partial charge is 0.398 e. The standard InChI is InChI=1S/C20H18N4OS/c21-13-15-12-14(6-11-19(15)22)20(25)23-16-7-9-18(10-8-16)26-24-17-4-2-1-3-5-17/h1-13,21,24H,22H2,(H,23,25). The highest BCUT2D eigenvalue weighted by Crippen LogP contribution is 2.23. The van der Waals surface area contributed by atoms with E-state index in [-0.39, 0.29) is 5.91 Å². The van der Waals surface area contributed by atoms with E-state index < -0.39 is 0 Å². The molecule has 0 aliphatic carbocycles. The van der Waals surface area contributed by atoms with E-state index in [1.54, 1.807) is 18.2 Å². The lowest BCUT2D eigenvalue weighted by Crippen LogP contribution is -2.12. The third kappa shape index (κ3) is 4.43. The van der Waals surface area contributed by atoms with Crippen molar-refractivity contribution in [1.29, 1.82) is 5.41 Å². The first kappa shape index (κ1) is 17.6. The van der Waals surface area contributed by atoms with E-state index in [2.05, 4.69) is 10.0 Å². The van der Waals surface area contributed by atoms with Gasteiger partial charge in [-0.1, -0.05) is 18.2 Å². The molecular formula is C20H18N4OS. The molecule has 0 unspecified atom stereocenters. The Bertz CT molecular complexity index is 911. The molecule has 3 aromatic carbocycles. The van der Waals surface area contributed by atoms with Crippen LogP contribution in [0.1, 0.15) is 15.9 Å². The number of rotatable bonds is 6. The number of amides is 1. The lowest BCUT2D eigenvalue weighted by atomic mass is 10.1. The molecular weight excluding hydrogens is 344 g/mol. The summed E-state index contributed by atoms with van der Waals surface area (Å²) in [4.78, 5) is 13.4. The second-order valence-corrected chi connectivity index (χ2v) is 6.42. The van der Waals surface area contributed by atoms with Crippen LogP contribution in [-0.4, -0.2) is 12.1 Å². The number of nitrogen functional groups attached to an aromatic ring is 1. The van der Waals surface area contributed by atoms with Gasteiger partial charge in [0.1, 0.15) is 0 Å². The van der Waals surface area contributed by atoms with E-state index in [4.69, 9.17) is 11.1 Å². The topological polar surface area (TPSA) is 91.0 Å². The Morgan fingerprint density at radius 2 is 1.69 bits per heavy atom. The number of nitrogens with two attached hydrogens (primary N) is 1. The maximum atomic E-state index is 12.3. The normalized spacial score (nSPS) is 10.2. The van der Waals surface area contributed by atoms with Crippen LogP contribution in [-0.2, 0) is 0 Å². The summed E-state index contributed by atoms with van der Waals surface area (Å²) in [7, 11) is 0. The molecule has 130 valence electrons. The van der Waals surface area contributed by atoms with Crippen molar-refractivity contribution < 1.29 is 4.79 Å². The first-order valence-electron chi connectivity index (χ1n) is 7.95. The van der Waals surface area contributed by atoms with E-state index in [0.29, 0.717) is 22.5 Å². The molecule has 3 aromatic rings. The monoisotopic (exact) mass is 362 g/mol. The molecule has 3 rings (SSSR count). The maximum Gasteiger partial charge on any atom is 0.255 e. The SMILES string of the molecule is N=Cc1cc(C(=O)Nc2ccc(SNc3ccccc3)cc2)ccc1N. The van der Waals surface area contributed by atoms with E-state index in [1.165, 1.54) is 11.9 Å². The van der Waals surface area contributed by atoms with Gasteiger partial charge in [0.25, 0.3) is 5.91 Å². The Hall–Kier alpha value is -3.25. The smallest absolute Gasteiger partial charge is 0.255 e. The van der Waals surface area contributed by atoms with Crippen LogP contribution >= 0.6 is 11.9 Å². The number of benzene rings is 3. The average molecular weight is 362 g/mol. The summed E-state index contributed by atoms with van der Waals surface area (Å²) >= 11 is 1.50. The van der Waals surface area contributed by atoms with Gasteiger partial charge in [-0.15, -0.1) is 0 Å². The predicted octanol–water partition coefficient (Wildman–Crippen LogP) is 4.64. The molecule has 1 amide bonds. The molecule has 0 aromatic heterocycles. The van der Waals surface area contributed by atoms with E-state index >= 15 is 0 Å². The van der Waals surface area contributed by atoms with Crippen LogP contribution in [0.5, 0.6) is 0 Å². The van der Waals surface area contributed by atoms with Crippen molar-refractivity contribution in [1.82, 2.24) is 0 Å². The maximum absolute atomic E-state index is 12.3. The summed E-state index contributed by atoms with van der Waals surface area (Å²) in [5, 5.41) is 10.2. The minimum Gasteiger partial charge on any atom is -0.398 e. The summed E-state index contributed by atoms with van der Waals surface area (Å²) in [6, 6.07) is 22.4. The summed E-state index contributed by atoms with van der Waals surface area (Å²) in [6.45, 7) is 0. The van der Waals surface area contributed by atoms with Crippen LogP contribution in [0.25, 0.3) is 0 Å². The lowest BCUT2D eigenvalue weighted by molar-refractivity contribution is 0.102. The van der Waals surface area contributed by atoms with Gasteiger partial charge < -0.3 is 21.2 Å². The van der Waals surface area contributed by atoms with Gasteiger partial charge in [0.05, 0.1) is 0 Å². The van der Waals surface area contributed by atoms with Gasteiger partial charge >= 0.3 is 0 Å². The first-order valence-corrected chi connectivity index (χ1v) is 8.76. The molecule has 5 N–H and O–H groups in total. The molecule has 0 saturated carbocycles. The fraction of sp³-hybridized carbons (Fsp3) is 0. The quantitative estimate of drug-likeness (QED) is 0.292. The molecule has 0 aliphatic rings. The Morgan fingerprint density at radius 1 is 0.962 bits per heavy atom. The highest BCUT2D eigenvalue weighted by atomic mass is 32.2. The Balaban J connectivity index is 1.62. The summed E-state index contributed by atoms with van der Waals surface area (Å²) in [5.74, 6) is -0.240. The van der Waals surface area contributed by atoms with Gasteiger partial charge in [-0.2, -0.15) is 0 Å². The minimum absolute atomic E-state index is 0.240. The van der Waals surface area contributed by atoms with E-state index in [1.807, 2.05) is 54.6 Å². The van der Waals surface area contributed by atoms with Crippen molar-refractivity contribution in [2.24, 2.45) is 0 Å². The fourth-order valence-corrected chi connectivity index (χ4v) is 2.92. The highest BCUT2D eigenvalue weighted by molar-refractivity contribution is 8.00. The van der Waals surface area contributed by atoms with E-state index in [0.717, 1.165) is 16.8 Å². The Labute approximate surface area is 156 Å². The third-order valence-corrected chi connectivity index (χ3v) is 4.52. The molecule has 0 aliphatic heterocycles. The van der Waals surface area contributed by atoms with Gasteiger partial charge in [0.15, 0.2) is 0 Å². The lowest BCUT2D eigenvalue weighted by Gasteiger charge is -2.09. The highest BCUT2D eigenvalue weighted by Gasteiger charge is 2.08. The van der Waals surface area contributed by atoms with Crippen molar-refractivity contribution >= 4 is 41.1 Å². The van der Waals surface area contributed by atoms with Crippen LogP contribution in [0.3, 0.4) is 0 Å². The number of carbonyl (C=O) groups is 1. The van der Waals surface area contributed by atoms with E-state index in [9.17, 15) is 4.79 Å². The van der Waals surface area contributed by atoms with Crippen molar-refractivity contribution in [2.45, 2.75) is 4.90 Å². The second-order valence-electron chi connectivity index (χ2n) is 5.54. The molecule has 26 heavy (non-hydrogen) atoms. The molecule has 5 nitrogen and oxygen atoms in total. The van der Waals surface area contributed by atoms with Gasteiger partial charge in [0.2, 0.25) is 0 Å². The van der Waals surface area contributed by atoms with Crippen LogP contribution < -0.4 is 15.8 Å². The number of carbonyl (C=O) groups excluding carboxylic acids is 1. The zero-order valence-electron chi connectivity index (χ0n) is 13.9. The summed E-state index contributed by atoms with van der Waals surface area (Å²) in [5.41, 5.74) is 8.94. The number of hydrogen-bond donors (Lipinski definition) is 4. The van der Waals surface area contributed by atoms with Crippen molar-refractivity contribution in [3.63, 3.8) is 0 Å². The molecule has 0 radical (unpaired) electrons. The zero-order chi connectivity index (χ0) is 18.4. The second kappa shape index (κ2) is 8.22. The fourth-order valence-electron chi connectivity index (χ4n) is 2.27. The molecule has 0 saturated heterocycles. The van der Waals surface area contributed by atoms with Crippen LogP contribution in [0.2, 0.25) is 0 Å². The number of anilines is 3. The van der Waals surface area contributed by atoms with Gasteiger partial charge in [0, 0.05) is 39.3 Å². The van der Waals surface area contributed by atoms with Crippen LogP contribution in [0, 0.1) is 5.41 Å². The molecule has 6 heteroatoms. The third-order valence-electron chi connectivity index (χ3n) is 3.68. The molecule has 0 atom stereocenters. The number of nitrogens with one attached hydrogen (secondary N) is 3. The number of para-hydroxylation sites is 1. The minimum atomic E-state index is -0.240. The Morgan fingerprint density at radius 3 is 2.38 bits per heavy atom.